The maximum absolute atomic E-state index is 10.9. The Morgan fingerprint density at radius 3 is 2.62 bits per heavy atom. The molecule has 90 valence electrons. The van der Waals surface area contributed by atoms with Crippen molar-refractivity contribution in [3.8, 4) is 0 Å². The van der Waals surface area contributed by atoms with Gasteiger partial charge in [-0.15, -0.1) is 0 Å². The van der Waals surface area contributed by atoms with Crippen LogP contribution in [0.15, 0.2) is 11.6 Å². The average Bonchev–Trinajstić information content (AvgIpc) is 2.19. The Bertz CT molecular complexity index is 325. The second kappa shape index (κ2) is 5.09. The number of aliphatic carboxylic acids is 1. The van der Waals surface area contributed by atoms with Gasteiger partial charge in [0.2, 0.25) is 5.91 Å². The molecule has 0 aliphatic heterocycles. The van der Waals surface area contributed by atoms with Crippen LogP contribution in [0, 0.1) is 0 Å². The maximum atomic E-state index is 10.9. The van der Waals surface area contributed by atoms with Crippen molar-refractivity contribution < 1.29 is 24.5 Å². The zero-order valence-electron chi connectivity index (χ0n) is 9.14. The highest BCUT2D eigenvalue weighted by atomic mass is 16.5. The topological polar surface area (TPSA) is 95.9 Å². The lowest BCUT2D eigenvalue weighted by molar-refractivity contribution is -0.133. The number of hydrogen-bond donors (Lipinski definition) is 3. The fourth-order valence-electron chi connectivity index (χ4n) is 1.74. The van der Waals surface area contributed by atoms with E-state index in [2.05, 4.69) is 5.32 Å². The van der Waals surface area contributed by atoms with Crippen LogP contribution in [0.5, 0.6) is 0 Å². The summed E-state index contributed by atoms with van der Waals surface area (Å²) in [5.41, 5.74) is 0.0981. The van der Waals surface area contributed by atoms with E-state index < -0.39 is 24.2 Å². The number of ether oxygens (including phenoxy) is 1. The van der Waals surface area contributed by atoms with Gasteiger partial charge < -0.3 is 20.3 Å². The first kappa shape index (κ1) is 12.7. The standard InChI is InChI=1S/C10H15NO5/c1-5(12)11-9-7(13)3-6(10(14)15)4-8(9)16-2/h3,7-9,13H,4H2,1-2H3,(H,11,12)(H,14,15)/t7-,8+,9+/m1/s1. The van der Waals surface area contributed by atoms with Crippen LogP contribution in [-0.4, -0.2) is 47.4 Å². The predicted molar refractivity (Wildman–Crippen MR) is 54.7 cm³/mol. The summed E-state index contributed by atoms with van der Waals surface area (Å²) in [5.74, 6) is -1.37. The van der Waals surface area contributed by atoms with Crippen molar-refractivity contribution >= 4 is 11.9 Å². The molecule has 6 nitrogen and oxygen atoms in total. The van der Waals surface area contributed by atoms with Crippen LogP contribution >= 0.6 is 0 Å². The first-order valence-corrected chi connectivity index (χ1v) is 4.87. The highest BCUT2D eigenvalue weighted by Crippen LogP contribution is 2.21. The molecule has 0 aromatic carbocycles. The van der Waals surface area contributed by atoms with Crippen LogP contribution in [-0.2, 0) is 14.3 Å². The van der Waals surface area contributed by atoms with Crippen LogP contribution in [0.1, 0.15) is 13.3 Å². The summed E-state index contributed by atoms with van der Waals surface area (Å²) in [5, 5.41) is 21.1. The second-order valence-corrected chi connectivity index (χ2v) is 3.69. The minimum absolute atomic E-state index is 0.0981. The second-order valence-electron chi connectivity index (χ2n) is 3.69. The van der Waals surface area contributed by atoms with E-state index in [4.69, 9.17) is 9.84 Å². The van der Waals surface area contributed by atoms with Gasteiger partial charge in [-0.05, 0) is 6.08 Å². The van der Waals surface area contributed by atoms with E-state index in [-0.39, 0.29) is 17.9 Å². The van der Waals surface area contributed by atoms with Crippen molar-refractivity contribution in [1.29, 1.82) is 0 Å². The number of methoxy groups -OCH3 is 1. The van der Waals surface area contributed by atoms with Crippen molar-refractivity contribution in [3.63, 3.8) is 0 Å². The van der Waals surface area contributed by atoms with E-state index in [1.165, 1.54) is 20.1 Å². The molecule has 1 aliphatic carbocycles. The van der Waals surface area contributed by atoms with E-state index in [1.807, 2.05) is 0 Å². The zero-order chi connectivity index (χ0) is 12.3. The number of nitrogens with one attached hydrogen (secondary N) is 1. The van der Waals surface area contributed by atoms with Gasteiger partial charge >= 0.3 is 5.97 Å². The molecule has 0 radical (unpaired) electrons. The minimum Gasteiger partial charge on any atom is -0.478 e. The highest BCUT2D eigenvalue weighted by Gasteiger charge is 2.34. The number of aliphatic hydroxyl groups excluding tert-OH is 1. The van der Waals surface area contributed by atoms with E-state index >= 15 is 0 Å². The molecule has 1 aliphatic rings. The minimum atomic E-state index is -1.08. The SMILES string of the molecule is CO[C@H]1CC(C(=O)O)=C[C@@H](O)[C@@H]1NC(C)=O. The Balaban J connectivity index is 2.86. The van der Waals surface area contributed by atoms with Gasteiger partial charge in [-0.3, -0.25) is 4.79 Å². The van der Waals surface area contributed by atoms with E-state index in [0.29, 0.717) is 0 Å². The molecule has 0 unspecified atom stereocenters. The molecule has 16 heavy (non-hydrogen) atoms. The van der Waals surface area contributed by atoms with Crippen LogP contribution in [0.3, 0.4) is 0 Å². The van der Waals surface area contributed by atoms with Crippen LogP contribution < -0.4 is 5.32 Å². The summed E-state index contributed by atoms with van der Waals surface area (Å²) in [6.07, 6.45) is -0.185. The average molecular weight is 229 g/mol. The predicted octanol–water partition coefficient (Wildman–Crippen LogP) is -0.718. The maximum Gasteiger partial charge on any atom is 0.331 e. The molecule has 0 spiro atoms. The Kier molecular flexibility index (Phi) is 4.03. The number of rotatable bonds is 3. The number of carbonyl (C=O) groups excluding carboxylic acids is 1. The fourth-order valence-corrected chi connectivity index (χ4v) is 1.74. The molecule has 0 saturated heterocycles. The van der Waals surface area contributed by atoms with Gasteiger partial charge in [-0.25, -0.2) is 4.79 Å². The lowest BCUT2D eigenvalue weighted by Gasteiger charge is -2.33. The largest absolute Gasteiger partial charge is 0.478 e. The monoisotopic (exact) mass is 229 g/mol. The van der Waals surface area contributed by atoms with Gasteiger partial charge in [-0.1, -0.05) is 0 Å². The molecule has 1 amide bonds. The first-order valence-electron chi connectivity index (χ1n) is 4.87. The van der Waals surface area contributed by atoms with Gasteiger partial charge in [0.1, 0.15) is 0 Å². The Labute approximate surface area is 92.9 Å². The molecule has 6 heteroatoms. The molecule has 0 saturated carbocycles. The Morgan fingerprint density at radius 1 is 1.56 bits per heavy atom. The number of carboxylic acids is 1. The number of hydrogen-bond acceptors (Lipinski definition) is 4. The molecular formula is C10H15NO5. The molecule has 0 heterocycles. The fraction of sp³-hybridized carbons (Fsp3) is 0.600. The van der Waals surface area contributed by atoms with Crippen molar-refractivity contribution in [1.82, 2.24) is 5.32 Å². The van der Waals surface area contributed by atoms with Crippen molar-refractivity contribution in [2.24, 2.45) is 0 Å². The highest BCUT2D eigenvalue weighted by molar-refractivity contribution is 5.87. The van der Waals surface area contributed by atoms with Crippen molar-refractivity contribution in [3.05, 3.63) is 11.6 Å². The summed E-state index contributed by atoms with van der Waals surface area (Å²) in [4.78, 5) is 21.7. The lowest BCUT2D eigenvalue weighted by atomic mass is 9.90. The quantitative estimate of drug-likeness (QED) is 0.593. The summed E-state index contributed by atoms with van der Waals surface area (Å²) >= 11 is 0. The summed E-state index contributed by atoms with van der Waals surface area (Å²) in [6.45, 7) is 1.33. The summed E-state index contributed by atoms with van der Waals surface area (Å²) in [7, 11) is 1.41. The van der Waals surface area contributed by atoms with Gasteiger partial charge in [0.15, 0.2) is 0 Å². The van der Waals surface area contributed by atoms with Crippen molar-refractivity contribution in [2.45, 2.75) is 31.6 Å². The number of amides is 1. The van der Waals surface area contributed by atoms with Gasteiger partial charge in [0.05, 0.1) is 18.2 Å². The Morgan fingerprint density at radius 2 is 2.19 bits per heavy atom. The first-order chi connectivity index (χ1) is 7.45. The molecular weight excluding hydrogens is 214 g/mol. The molecule has 0 aromatic rings. The zero-order valence-corrected chi connectivity index (χ0v) is 9.14. The number of carbonyl (C=O) groups is 2. The van der Waals surface area contributed by atoms with Gasteiger partial charge in [0, 0.05) is 26.0 Å². The normalized spacial score (nSPS) is 29.4. The third kappa shape index (κ3) is 2.80. The third-order valence-corrected chi connectivity index (χ3v) is 2.51. The molecule has 3 atom stereocenters. The van der Waals surface area contributed by atoms with Crippen LogP contribution in [0.4, 0.5) is 0 Å². The molecule has 0 aromatic heterocycles. The molecule has 0 bridgehead atoms. The smallest absolute Gasteiger partial charge is 0.331 e. The lowest BCUT2D eigenvalue weighted by Crippen LogP contribution is -2.52. The Hall–Kier alpha value is -1.40. The van der Waals surface area contributed by atoms with Gasteiger partial charge in [-0.2, -0.15) is 0 Å². The molecule has 1 rings (SSSR count). The third-order valence-electron chi connectivity index (χ3n) is 2.51. The van der Waals surface area contributed by atoms with Crippen molar-refractivity contribution in [2.75, 3.05) is 7.11 Å². The summed E-state index contributed by atoms with van der Waals surface area (Å²) < 4.78 is 5.08. The van der Waals surface area contributed by atoms with Crippen LogP contribution in [0.2, 0.25) is 0 Å². The van der Waals surface area contributed by atoms with E-state index in [0.717, 1.165) is 0 Å². The summed E-state index contributed by atoms with van der Waals surface area (Å²) in [6, 6.07) is -0.606. The van der Waals surface area contributed by atoms with Gasteiger partial charge in [0.25, 0.3) is 0 Å². The molecule has 0 fully saturated rings. The molecule has 3 N–H and O–H groups in total. The van der Waals surface area contributed by atoms with E-state index in [1.54, 1.807) is 0 Å². The number of aliphatic hydroxyl groups is 1. The number of carboxylic acid groups (broad SMARTS) is 1. The van der Waals surface area contributed by atoms with Crippen LogP contribution in [0.25, 0.3) is 0 Å². The van der Waals surface area contributed by atoms with E-state index in [9.17, 15) is 14.7 Å².